The second-order valence-electron chi connectivity index (χ2n) is 8.20. The molecule has 0 saturated heterocycles. The van der Waals surface area contributed by atoms with Gasteiger partial charge in [-0.15, -0.1) is 0 Å². The van der Waals surface area contributed by atoms with Crippen LogP contribution in [-0.2, 0) is 0 Å². The number of hydrogen-bond donors (Lipinski definition) is 1. The number of aromatic nitrogens is 3. The zero-order chi connectivity index (χ0) is 17.4. The first kappa shape index (κ1) is 16.5. The van der Waals surface area contributed by atoms with Crippen LogP contribution in [0, 0.1) is 5.41 Å². The molecular formula is C20H26N4. The molecule has 0 radical (unpaired) electrons. The molecule has 0 saturated carbocycles. The molecule has 0 fully saturated rings. The van der Waals surface area contributed by atoms with Gasteiger partial charge in [0.2, 0.25) is 0 Å². The minimum Gasteiger partial charge on any atom is -0.364 e. The Morgan fingerprint density at radius 2 is 1.75 bits per heavy atom. The van der Waals surface area contributed by atoms with E-state index in [0.717, 1.165) is 29.3 Å². The minimum atomic E-state index is -0.0619. The van der Waals surface area contributed by atoms with Crippen molar-refractivity contribution in [2.45, 2.75) is 46.6 Å². The molecule has 1 N–H and O–H groups in total. The molecule has 3 aromatic heterocycles. The molecule has 0 bridgehead atoms. The average molecular weight is 322 g/mol. The van der Waals surface area contributed by atoms with Crippen LogP contribution in [0.4, 0.5) is 5.82 Å². The number of hydrogen-bond acceptors (Lipinski definition) is 3. The van der Waals surface area contributed by atoms with Crippen LogP contribution in [0.2, 0.25) is 0 Å². The van der Waals surface area contributed by atoms with Gasteiger partial charge in [0.15, 0.2) is 0 Å². The molecule has 4 heteroatoms. The molecule has 0 aromatic carbocycles. The molecule has 0 unspecified atom stereocenters. The second-order valence-corrected chi connectivity index (χ2v) is 8.20. The molecule has 0 amide bonds. The Morgan fingerprint density at radius 1 is 1.00 bits per heavy atom. The van der Waals surface area contributed by atoms with Gasteiger partial charge in [-0.1, -0.05) is 32.9 Å². The second kappa shape index (κ2) is 5.93. The summed E-state index contributed by atoms with van der Waals surface area (Å²) in [4.78, 5) is 9.30. The highest BCUT2D eigenvalue weighted by Gasteiger charge is 2.28. The molecule has 126 valence electrons. The topological polar surface area (TPSA) is 42.2 Å². The van der Waals surface area contributed by atoms with Crippen LogP contribution in [0.1, 0.15) is 41.0 Å². The summed E-state index contributed by atoms with van der Waals surface area (Å²) in [5.74, 6) is 0.999. The van der Waals surface area contributed by atoms with Crippen molar-refractivity contribution in [3.63, 3.8) is 0 Å². The van der Waals surface area contributed by atoms with Crippen LogP contribution in [0.3, 0.4) is 0 Å². The summed E-state index contributed by atoms with van der Waals surface area (Å²) in [6.07, 6.45) is 4.90. The van der Waals surface area contributed by atoms with Gasteiger partial charge in [-0.2, -0.15) is 0 Å². The third kappa shape index (κ3) is 3.58. The predicted octanol–water partition coefficient (Wildman–Crippen LogP) is 5.02. The molecule has 0 aliphatic carbocycles. The van der Waals surface area contributed by atoms with Gasteiger partial charge in [0.25, 0.3) is 0 Å². The van der Waals surface area contributed by atoms with E-state index < -0.39 is 0 Å². The fraction of sp³-hybridized carbons (Fsp3) is 0.400. The van der Waals surface area contributed by atoms with Crippen molar-refractivity contribution < 1.29 is 0 Å². The first-order valence-corrected chi connectivity index (χ1v) is 8.42. The quantitative estimate of drug-likeness (QED) is 0.733. The highest BCUT2D eigenvalue weighted by Crippen LogP contribution is 2.34. The Labute approximate surface area is 144 Å². The summed E-state index contributed by atoms with van der Waals surface area (Å²) >= 11 is 0. The van der Waals surface area contributed by atoms with Crippen molar-refractivity contribution in [1.82, 2.24) is 14.4 Å². The Kier molecular flexibility index (Phi) is 4.08. The number of nitrogens with one attached hydrogen (secondary N) is 1. The Balaban J connectivity index is 2.09. The molecule has 0 aliphatic rings. The van der Waals surface area contributed by atoms with Gasteiger partial charge in [0.1, 0.15) is 17.2 Å². The number of nitrogens with zero attached hydrogens (tertiary/aromatic N) is 3. The van der Waals surface area contributed by atoms with Crippen molar-refractivity contribution in [2.75, 3.05) is 5.32 Å². The number of rotatable bonds is 4. The highest BCUT2D eigenvalue weighted by molar-refractivity contribution is 5.74. The summed E-state index contributed by atoms with van der Waals surface area (Å²) in [5, 5.41) is 3.73. The van der Waals surface area contributed by atoms with Gasteiger partial charge in [-0.25, -0.2) is 4.98 Å². The minimum absolute atomic E-state index is 0.0619. The maximum absolute atomic E-state index is 4.80. The van der Waals surface area contributed by atoms with Gasteiger partial charge in [-0.05, 0) is 49.9 Å². The van der Waals surface area contributed by atoms with Crippen molar-refractivity contribution in [1.29, 1.82) is 0 Å². The lowest BCUT2D eigenvalue weighted by atomic mass is 9.82. The number of pyridine rings is 2. The zero-order valence-electron chi connectivity index (χ0n) is 15.2. The van der Waals surface area contributed by atoms with Crippen LogP contribution in [0.15, 0.2) is 48.8 Å². The molecular weight excluding hydrogens is 296 g/mol. The first-order valence-electron chi connectivity index (χ1n) is 8.42. The molecule has 0 atom stereocenters. The van der Waals surface area contributed by atoms with E-state index in [-0.39, 0.29) is 11.0 Å². The Morgan fingerprint density at radius 3 is 2.42 bits per heavy atom. The molecule has 0 aliphatic heterocycles. The fourth-order valence-electron chi connectivity index (χ4n) is 3.49. The SMILES string of the molecule is CC(C)(C)CC(C)(C)Nc1c(-c2ccccn2)nc2ccccn12. The molecule has 3 aromatic rings. The lowest BCUT2D eigenvalue weighted by Gasteiger charge is -2.34. The van der Waals surface area contributed by atoms with Crippen LogP contribution in [-0.4, -0.2) is 19.9 Å². The summed E-state index contributed by atoms with van der Waals surface area (Å²) < 4.78 is 2.11. The third-order valence-corrected chi connectivity index (χ3v) is 3.87. The van der Waals surface area contributed by atoms with Crippen molar-refractivity contribution in [3.8, 4) is 11.4 Å². The number of imidazole rings is 1. The standard InChI is InChI=1S/C20H26N4/c1-19(2,3)14-20(4,5)23-18-17(15-10-6-8-12-21-15)22-16-11-7-9-13-24(16)18/h6-13,23H,14H2,1-5H3. The van der Waals surface area contributed by atoms with Crippen molar-refractivity contribution >= 4 is 11.5 Å². The number of fused-ring (bicyclic) bond motifs is 1. The van der Waals surface area contributed by atoms with E-state index in [1.165, 1.54) is 0 Å². The van der Waals surface area contributed by atoms with Gasteiger partial charge < -0.3 is 5.32 Å². The van der Waals surface area contributed by atoms with E-state index in [1.807, 2.05) is 48.8 Å². The Bertz CT molecular complexity index is 826. The summed E-state index contributed by atoms with van der Waals surface area (Å²) in [6.45, 7) is 11.3. The maximum atomic E-state index is 4.80. The van der Waals surface area contributed by atoms with Gasteiger partial charge in [0.05, 0.1) is 5.69 Å². The molecule has 3 heterocycles. The molecule has 0 spiro atoms. The van der Waals surface area contributed by atoms with E-state index >= 15 is 0 Å². The molecule has 3 rings (SSSR count). The largest absolute Gasteiger partial charge is 0.364 e. The van der Waals surface area contributed by atoms with Crippen LogP contribution < -0.4 is 5.32 Å². The van der Waals surface area contributed by atoms with Gasteiger partial charge >= 0.3 is 0 Å². The number of anilines is 1. The Hall–Kier alpha value is -2.36. The van der Waals surface area contributed by atoms with E-state index in [2.05, 4.69) is 49.3 Å². The van der Waals surface area contributed by atoms with Crippen LogP contribution >= 0.6 is 0 Å². The summed E-state index contributed by atoms with van der Waals surface area (Å²) in [5.41, 5.74) is 2.88. The van der Waals surface area contributed by atoms with E-state index in [4.69, 9.17) is 4.98 Å². The van der Waals surface area contributed by atoms with Crippen molar-refractivity contribution in [2.24, 2.45) is 5.41 Å². The molecule has 24 heavy (non-hydrogen) atoms. The maximum Gasteiger partial charge on any atom is 0.140 e. The normalized spacial score (nSPS) is 12.5. The molecule has 4 nitrogen and oxygen atoms in total. The first-order chi connectivity index (χ1) is 11.3. The van der Waals surface area contributed by atoms with E-state index in [0.29, 0.717) is 0 Å². The lowest BCUT2D eigenvalue weighted by molar-refractivity contribution is 0.302. The predicted molar refractivity (Wildman–Crippen MR) is 100 cm³/mol. The van der Waals surface area contributed by atoms with Gasteiger partial charge in [-0.3, -0.25) is 9.38 Å². The van der Waals surface area contributed by atoms with E-state index in [9.17, 15) is 0 Å². The van der Waals surface area contributed by atoms with Gasteiger partial charge in [0, 0.05) is 17.9 Å². The fourth-order valence-corrected chi connectivity index (χ4v) is 3.49. The zero-order valence-corrected chi connectivity index (χ0v) is 15.2. The van der Waals surface area contributed by atoms with Crippen molar-refractivity contribution in [3.05, 3.63) is 48.8 Å². The lowest BCUT2D eigenvalue weighted by Crippen LogP contribution is -2.36. The monoisotopic (exact) mass is 322 g/mol. The summed E-state index contributed by atoms with van der Waals surface area (Å²) in [7, 11) is 0. The smallest absolute Gasteiger partial charge is 0.140 e. The van der Waals surface area contributed by atoms with Crippen LogP contribution in [0.25, 0.3) is 17.0 Å². The highest BCUT2D eigenvalue weighted by atomic mass is 15.2. The van der Waals surface area contributed by atoms with Crippen LogP contribution in [0.5, 0.6) is 0 Å². The average Bonchev–Trinajstić information content (AvgIpc) is 2.84. The van der Waals surface area contributed by atoms with E-state index in [1.54, 1.807) is 0 Å². The third-order valence-electron chi connectivity index (χ3n) is 3.87. The summed E-state index contributed by atoms with van der Waals surface area (Å²) in [6, 6.07) is 12.0.